The quantitative estimate of drug-likeness (QED) is 0.404. The van der Waals surface area contributed by atoms with Gasteiger partial charge >= 0.3 is 0 Å². The van der Waals surface area contributed by atoms with E-state index in [0.29, 0.717) is 6.04 Å². The van der Waals surface area contributed by atoms with Crippen molar-refractivity contribution in [3.05, 3.63) is 0 Å². The third-order valence-electron chi connectivity index (χ3n) is 4.53. The Morgan fingerprint density at radius 3 is 2.62 bits per heavy atom. The standard InChI is InChI=1S/C16H32N4.HI/c1-4-17-16(19-12-15-8-9-15)18-11-14(3)20-10-6-5-7-13(20)2;/h13-15H,4-12H2,1-3H3,(H2,17,18,19);1H. The van der Waals surface area contributed by atoms with Gasteiger partial charge in [0.1, 0.15) is 0 Å². The fraction of sp³-hybridized carbons (Fsp3) is 0.938. The number of nitrogens with zero attached hydrogens (tertiary/aromatic N) is 2. The predicted molar refractivity (Wildman–Crippen MR) is 102 cm³/mol. The molecular formula is C16H33IN4. The zero-order valence-electron chi connectivity index (χ0n) is 13.9. The number of halogens is 1. The summed E-state index contributed by atoms with van der Waals surface area (Å²) >= 11 is 0. The average Bonchev–Trinajstić information content (AvgIpc) is 3.26. The molecule has 0 radical (unpaired) electrons. The largest absolute Gasteiger partial charge is 0.357 e. The molecule has 1 aliphatic heterocycles. The molecule has 1 aliphatic carbocycles. The summed E-state index contributed by atoms with van der Waals surface area (Å²) in [5.41, 5.74) is 0. The molecule has 4 nitrogen and oxygen atoms in total. The van der Waals surface area contributed by atoms with Crippen molar-refractivity contribution in [2.45, 2.75) is 65.0 Å². The maximum Gasteiger partial charge on any atom is 0.191 e. The van der Waals surface area contributed by atoms with E-state index in [1.54, 1.807) is 0 Å². The van der Waals surface area contributed by atoms with Crippen molar-refractivity contribution in [1.82, 2.24) is 15.5 Å². The van der Waals surface area contributed by atoms with Gasteiger partial charge in [-0.25, -0.2) is 0 Å². The van der Waals surface area contributed by atoms with E-state index in [2.05, 4.69) is 36.3 Å². The molecule has 124 valence electrons. The lowest BCUT2D eigenvalue weighted by molar-refractivity contribution is 0.118. The summed E-state index contributed by atoms with van der Waals surface area (Å²) in [5.74, 6) is 1.88. The maximum absolute atomic E-state index is 4.78. The SMILES string of the molecule is CCNC(=NCC(C)N1CCCCC1C)NCC1CC1.I. The predicted octanol–water partition coefficient (Wildman–Crippen LogP) is 2.83. The normalized spacial score (nSPS) is 25.1. The molecule has 2 rings (SSSR count). The zero-order chi connectivity index (χ0) is 14.4. The number of nitrogens with one attached hydrogen (secondary N) is 2. The number of likely N-dealkylation sites (tertiary alicyclic amines) is 1. The first kappa shape index (κ1) is 19.0. The van der Waals surface area contributed by atoms with Crippen molar-refractivity contribution in [2.24, 2.45) is 10.9 Å². The van der Waals surface area contributed by atoms with Gasteiger partial charge in [-0.2, -0.15) is 0 Å². The van der Waals surface area contributed by atoms with Crippen molar-refractivity contribution < 1.29 is 0 Å². The van der Waals surface area contributed by atoms with E-state index >= 15 is 0 Å². The van der Waals surface area contributed by atoms with E-state index in [-0.39, 0.29) is 24.0 Å². The van der Waals surface area contributed by atoms with Crippen LogP contribution in [0, 0.1) is 5.92 Å². The maximum atomic E-state index is 4.78. The van der Waals surface area contributed by atoms with Crippen LogP contribution in [0.1, 0.15) is 52.9 Å². The molecule has 0 aromatic heterocycles. The lowest BCUT2D eigenvalue weighted by atomic mass is 10.0. The van der Waals surface area contributed by atoms with E-state index < -0.39 is 0 Å². The van der Waals surface area contributed by atoms with Gasteiger partial charge in [-0.05, 0) is 58.9 Å². The lowest BCUT2D eigenvalue weighted by Gasteiger charge is -2.37. The second-order valence-corrected chi connectivity index (χ2v) is 6.48. The first-order valence-electron chi connectivity index (χ1n) is 8.48. The van der Waals surface area contributed by atoms with Crippen molar-refractivity contribution in [1.29, 1.82) is 0 Å². The van der Waals surface area contributed by atoms with Gasteiger partial charge in [0, 0.05) is 25.2 Å². The molecule has 2 unspecified atom stereocenters. The molecule has 0 amide bonds. The van der Waals surface area contributed by atoms with Crippen LogP contribution in [-0.2, 0) is 0 Å². The van der Waals surface area contributed by atoms with E-state index in [0.717, 1.165) is 37.6 Å². The van der Waals surface area contributed by atoms with Crippen LogP contribution < -0.4 is 10.6 Å². The van der Waals surface area contributed by atoms with Crippen LogP contribution in [0.2, 0.25) is 0 Å². The topological polar surface area (TPSA) is 39.7 Å². The van der Waals surface area contributed by atoms with E-state index in [4.69, 9.17) is 4.99 Å². The molecule has 2 fully saturated rings. The van der Waals surface area contributed by atoms with Gasteiger partial charge in [0.05, 0.1) is 6.54 Å². The van der Waals surface area contributed by atoms with Crippen LogP contribution in [0.15, 0.2) is 4.99 Å². The average molecular weight is 408 g/mol. The van der Waals surface area contributed by atoms with Gasteiger partial charge < -0.3 is 10.6 Å². The number of guanidine groups is 1. The number of aliphatic imine (C=N–C) groups is 1. The number of piperidine rings is 1. The molecule has 1 heterocycles. The summed E-state index contributed by atoms with van der Waals surface area (Å²) in [6, 6.07) is 1.26. The highest BCUT2D eigenvalue weighted by Crippen LogP contribution is 2.27. The molecule has 0 spiro atoms. The van der Waals surface area contributed by atoms with Gasteiger partial charge in [0.2, 0.25) is 0 Å². The van der Waals surface area contributed by atoms with Crippen LogP contribution >= 0.6 is 24.0 Å². The van der Waals surface area contributed by atoms with E-state index in [1.807, 2.05) is 0 Å². The van der Waals surface area contributed by atoms with Crippen molar-refractivity contribution in [2.75, 3.05) is 26.2 Å². The Labute approximate surface area is 147 Å². The molecule has 5 heteroatoms. The van der Waals surface area contributed by atoms with Crippen molar-refractivity contribution in [3.63, 3.8) is 0 Å². The molecule has 1 saturated carbocycles. The summed E-state index contributed by atoms with van der Waals surface area (Å²) in [5, 5.41) is 6.83. The molecule has 0 aromatic carbocycles. The van der Waals surface area contributed by atoms with Crippen LogP contribution in [-0.4, -0.2) is 49.1 Å². The minimum Gasteiger partial charge on any atom is -0.357 e. The summed E-state index contributed by atoms with van der Waals surface area (Å²) in [6.45, 7) is 11.0. The van der Waals surface area contributed by atoms with Gasteiger partial charge in [0.15, 0.2) is 5.96 Å². The van der Waals surface area contributed by atoms with Gasteiger partial charge in [-0.15, -0.1) is 24.0 Å². The summed E-state index contributed by atoms with van der Waals surface area (Å²) in [7, 11) is 0. The highest BCUT2D eigenvalue weighted by Gasteiger charge is 2.23. The molecule has 2 aliphatic rings. The first-order chi connectivity index (χ1) is 9.70. The fourth-order valence-corrected chi connectivity index (χ4v) is 3.01. The lowest BCUT2D eigenvalue weighted by Crippen LogP contribution is -2.45. The molecule has 1 saturated heterocycles. The Kier molecular flexibility index (Phi) is 8.94. The fourth-order valence-electron chi connectivity index (χ4n) is 3.01. The van der Waals surface area contributed by atoms with Crippen LogP contribution in [0.4, 0.5) is 0 Å². The minimum absolute atomic E-state index is 0. The third kappa shape index (κ3) is 6.72. The number of hydrogen-bond acceptors (Lipinski definition) is 2. The highest BCUT2D eigenvalue weighted by atomic mass is 127. The molecular weight excluding hydrogens is 375 g/mol. The van der Waals surface area contributed by atoms with Crippen LogP contribution in [0.3, 0.4) is 0 Å². The zero-order valence-corrected chi connectivity index (χ0v) is 16.2. The Morgan fingerprint density at radius 1 is 1.24 bits per heavy atom. The molecule has 0 bridgehead atoms. The second kappa shape index (κ2) is 9.87. The summed E-state index contributed by atoms with van der Waals surface area (Å²) in [4.78, 5) is 7.40. The van der Waals surface area contributed by atoms with Gasteiger partial charge in [-0.3, -0.25) is 9.89 Å². The minimum atomic E-state index is 0. The van der Waals surface area contributed by atoms with Crippen molar-refractivity contribution in [3.8, 4) is 0 Å². The second-order valence-electron chi connectivity index (χ2n) is 6.48. The highest BCUT2D eigenvalue weighted by molar-refractivity contribution is 14.0. The van der Waals surface area contributed by atoms with Gasteiger partial charge in [0.25, 0.3) is 0 Å². The Hall–Kier alpha value is -0.0400. The Morgan fingerprint density at radius 2 is 2.00 bits per heavy atom. The van der Waals surface area contributed by atoms with Crippen molar-refractivity contribution >= 4 is 29.9 Å². The molecule has 0 aromatic rings. The monoisotopic (exact) mass is 408 g/mol. The van der Waals surface area contributed by atoms with E-state index in [1.165, 1.54) is 38.6 Å². The number of rotatable bonds is 6. The third-order valence-corrected chi connectivity index (χ3v) is 4.53. The Balaban J connectivity index is 0.00000220. The summed E-state index contributed by atoms with van der Waals surface area (Å²) in [6.07, 6.45) is 6.84. The molecule has 2 atom stereocenters. The Bertz CT molecular complexity index is 317. The van der Waals surface area contributed by atoms with Crippen LogP contribution in [0.5, 0.6) is 0 Å². The number of hydrogen-bond donors (Lipinski definition) is 2. The molecule has 21 heavy (non-hydrogen) atoms. The van der Waals surface area contributed by atoms with Gasteiger partial charge in [-0.1, -0.05) is 6.42 Å². The summed E-state index contributed by atoms with van der Waals surface area (Å²) < 4.78 is 0. The van der Waals surface area contributed by atoms with Crippen LogP contribution in [0.25, 0.3) is 0 Å². The molecule has 2 N–H and O–H groups in total. The smallest absolute Gasteiger partial charge is 0.191 e. The van der Waals surface area contributed by atoms with E-state index in [9.17, 15) is 0 Å². The first-order valence-corrected chi connectivity index (χ1v) is 8.48.